The molecule has 0 aromatic carbocycles. The SMILES string of the molecule is CCNC(=NCC1CCCN1C)N(C)CC1CCOC1. The van der Waals surface area contributed by atoms with E-state index in [1.807, 2.05) is 0 Å². The van der Waals surface area contributed by atoms with E-state index in [0.717, 1.165) is 38.8 Å². The molecule has 2 saturated heterocycles. The Morgan fingerprint density at radius 2 is 2.30 bits per heavy atom. The summed E-state index contributed by atoms with van der Waals surface area (Å²) in [6, 6.07) is 0.617. The van der Waals surface area contributed by atoms with Crippen LogP contribution in [0.1, 0.15) is 26.2 Å². The standard InChI is InChI=1S/C15H30N4O/c1-4-16-15(17-10-14-6-5-8-18(14)2)19(3)11-13-7-9-20-12-13/h13-14H,4-12H2,1-3H3,(H,16,17). The van der Waals surface area contributed by atoms with Crippen LogP contribution in [0.5, 0.6) is 0 Å². The zero-order valence-corrected chi connectivity index (χ0v) is 13.3. The second-order valence-electron chi connectivity index (χ2n) is 6.08. The monoisotopic (exact) mass is 282 g/mol. The summed E-state index contributed by atoms with van der Waals surface area (Å²) in [5.74, 6) is 1.69. The smallest absolute Gasteiger partial charge is 0.193 e. The van der Waals surface area contributed by atoms with Gasteiger partial charge in [-0.1, -0.05) is 0 Å². The summed E-state index contributed by atoms with van der Waals surface area (Å²) in [6.45, 7) is 8.02. The number of aliphatic imine (C=N–C) groups is 1. The highest BCUT2D eigenvalue weighted by atomic mass is 16.5. The fraction of sp³-hybridized carbons (Fsp3) is 0.933. The fourth-order valence-electron chi connectivity index (χ4n) is 3.07. The Morgan fingerprint density at radius 1 is 1.45 bits per heavy atom. The van der Waals surface area contributed by atoms with Crippen molar-refractivity contribution in [1.29, 1.82) is 0 Å². The molecule has 2 unspecified atom stereocenters. The number of ether oxygens (including phenoxy) is 1. The van der Waals surface area contributed by atoms with Gasteiger partial charge in [-0.05, 0) is 39.8 Å². The van der Waals surface area contributed by atoms with Crippen molar-refractivity contribution in [2.24, 2.45) is 10.9 Å². The van der Waals surface area contributed by atoms with Gasteiger partial charge in [-0.15, -0.1) is 0 Å². The van der Waals surface area contributed by atoms with Gasteiger partial charge in [0.25, 0.3) is 0 Å². The second-order valence-corrected chi connectivity index (χ2v) is 6.08. The molecule has 5 heteroatoms. The van der Waals surface area contributed by atoms with Crippen LogP contribution < -0.4 is 5.32 Å². The molecule has 0 aromatic rings. The molecular formula is C15H30N4O. The number of likely N-dealkylation sites (tertiary alicyclic amines) is 1. The first-order chi connectivity index (χ1) is 9.70. The average Bonchev–Trinajstić information content (AvgIpc) is 3.06. The van der Waals surface area contributed by atoms with Crippen LogP contribution in [-0.4, -0.2) is 75.3 Å². The third kappa shape index (κ3) is 4.35. The summed E-state index contributed by atoms with van der Waals surface area (Å²) in [4.78, 5) is 9.53. The van der Waals surface area contributed by atoms with Crippen molar-refractivity contribution >= 4 is 5.96 Å². The Kier molecular flexibility index (Phi) is 6.10. The van der Waals surface area contributed by atoms with Crippen molar-refractivity contribution in [2.75, 3.05) is 53.5 Å². The lowest BCUT2D eigenvalue weighted by Gasteiger charge is -2.25. The predicted molar refractivity (Wildman–Crippen MR) is 83.2 cm³/mol. The van der Waals surface area contributed by atoms with Gasteiger partial charge in [-0.25, -0.2) is 0 Å². The molecule has 2 fully saturated rings. The van der Waals surface area contributed by atoms with Crippen LogP contribution in [0.2, 0.25) is 0 Å². The molecule has 0 amide bonds. The first-order valence-corrected chi connectivity index (χ1v) is 7.98. The molecule has 5 nitrogen and oxygen atoms in total. The van der Waals surface area contributed by atoms with Crippen molar-refractivity contribution < 1.29 is 4.74 Å². The number of rotatable bonds is 5. The largest absolute Gasteiger partial charge is 0.381 e. The van der Waals surface area contributed by atoms with Gasteiger partial charge in [0.2, 0.25) is 0 Å². The maximum absolute atomic E-state index is 5.46. The third-order valence-corrected chi connectivity index (χ3v) is 4.38. The van der Waals surface area contributed by atoms with Gasteiger partial charge in [-0.2, -0.15) is 0 Å². The summed E-state index contributed by atoms with van der Waals surface area (Å²) in [5.41, 5.74) is 0. The van der Waals surface area contributed by atoms with E-state index in [-0.39, 0.29) is 0 Å². The van der Waals surface area contributed by atoms with E-state index in [1.54, 1.807) is 0 Å². The molecule has 116 valence electrons. The molecule has 0 bridgehead atoms. The molecule has 0 saturated carbocycles. The van der Waals surface area contributed by atoms with Crippen LogP contribution in [0.15, 0.2) is 4.99 Å². The molecule has 2 aliphatic rings. The van der Waals surface area contributed by atoms with E-state index in [4.69, 9.17) is 9.73 Å². The highest BCUT2D eigenvalue weighted by Gasteiger charge is 2.22. The summed E-state index contributed by atoms with van der Waals surface area (Å²) in [5, 5.41) is 3.41. The summed E-state index contributed by atoms with van der Waals surface area (Å²) < 4.78 is 5.46. The summed E-state index contributed by atoms with van der Waals surface area (Å²) >= 11 is 0. The predicted octanol–water partition coefficient (Wildman–Crippen LogP) is 1.01. The highest BCUT2D eigenvalue weighted by Crippen LogP contribution is 2.15. The van der Waals surface area contributed by atoms with Crippen LogP contribution in [0.3, 0.4) is 0 Å². The second kappa shape index (κ2) is 7.84. The van der Waals surface area contributed by atoms with Crippen molar-refractivity contribution in [3.05, 3.63) is 0 Å². The number of guanidine groups is 1. The summed E-state index contributed by atoms with van der Waals surface area (Å²) in [7, 11) is 4.35. The zero-order valence-electron chi connectivity index (χ0n) is 13.3. The van der Waals surface area contributed by atoms with Crippen molar-refractivity contribution in [1.82, 2.24) is 15.1 Å². The van der Waals surface area contributed by atoms with Gasteiger partial charge in [0.1, 0.15) is 0 Å². The van der Waals surface area contributed by atoms with E-state index in [9.17, 15) is 0 Å². The van der Waals surface area contributed by atoms with Crippen LogP contribution in [0, 0.1) is 5.92 Å². The van der Waals surface area contributed by atoms with Crippen LogP contribution in [-0.2, 0) is 4.74 Å². The minimum Gasteiger partial charge on any atom is -0.381 e. The Morgan fingerprint density at radius 3 is 2.90 bits per heavy atom. The Hall–Kier alpha value is -0.810. The normalized spacial score (nSPS) is 28.1. The van der Waals surface area contributed by atoms with Gasteiger partial charge in [0.15, 0.2) is 5.96 Å². The molecule has 2 atom stereocenters. The number of nitrogens with one attached hydrogen (secondary N) is 1. The van der Waals surface area contributed by atoms with Crippen LogP contribution in [0.25, 0.3) is 0 Å². The van der Waals surface area contributed by atoms with Gasteiger partial charge in [0, 0.05) is 38.7 Å². The molecule has 1 N–H and O–H groups in total. The lowest BCUT2D eigenvalue weighted by atomic mass is 10.1. The van der Waals surface area contributed by atoms with Gasteiger partial charge >= 0.3 is 0 Å². The molecule has 0 spiro atoms. The fourth-order valence-corrected chi connectivity index (χ4v) is 3.07. The molecule has 2 heterocycles. The lowest BCUT2D eigenvalue weighted by molar-refractivity contribution is 0.181. The first kappa shape index (κ1) is 15.6. The van der Waals surface area contributed by atoms with Crippen molar-refractivity contribution in [2.45, 2.75) is 32.2 Å². The molecule has 20 heavy (non-hydrogen) atoms. The maximum Gasteiger partial charge on any atom is 0.193 e. The third-order valence-electron chi connectivity index (χ3n) is 4.38. The topological polar surface area (TPSA) is 40.1 Å². The van der Waals surface area contributed by atoms with Gasteiger partial charge < -0.3 is 19.9 Å². The van der Waals surface area contributed by atoms with Gasteiger partial charge in [-0.3, -0.25) is 4.99 Å². The van der Waals surface area contributed by atoms with Crippen molar-refractivity contribution in [3.8, 4) is 0 Å². The molecule has 0 aliphatic carbocycles. The Bertz CT molecular complexity index is 315. The van der Waals surface area contributed by atoms with Gasteiger partial charge in [0.05, 0.1) is 13.2 Å². The van der Waals surface area contributed by atoms with E-state index in [1.165, 1.54) is 25.8 Å². The Labute approximate surface area is 123 Å². The number of hydrogen-bond acceptors (Lipinski definition) is 3. The van der Waals surface area contributed by atoms with Crippen LogP contribution >= 0.6 is 0 Å². The molecule has 0 aromatic heterocycles. The minimum absolute atomic E-state index is 0.617. The minimum atomic E-state index is 0.617. The van der Waals surface area contributed by atoms with Crippen molar-refractivity contribution in [3.63, 3.8) is 0 Å². The quantitative estimate of drug-likeness (QED) is 0.603. The molecule has 0 radical (unpaired) electrons. The zero-order chi connectivity index (χ0) is 14.4. The number of likely N-dealkylation sites (N-methyl/N-ethyl adjacent to an activating group) is 1. The summed E-state index contributed by atoms with van der Waals surface area (Å²) in [6.07, 6.45) is 3.76. The molecular weight excluding hydrogens is 252 g/mol. The van der Waals surface area contributed by atoms with E-state index in [0.29, 0.717) is 12.0 Å². The average molecular weight is 282 g/mol. The molecule has 2 aliphatic heterocycles. The Balaban J connectivity index is 1.86. The van der Waals surface area contributed by atoms with Crippen LogP contribution in [0.4, 0.5) is 0 Å². The number of hydrogen-bond donors (Lipinski definition) is 1. The van der Waals surface area contributed by atoms with E-state index in [2.05, 4.69) is 36.1 Å². The van der Waals surface area contributed by atoms with E-state index < -0.39 is 0 Å². The number of nitrogens with zero attached hydrogens (tertiary/aromatic N) is 3. The maximum atomic E-state index is 5.46. The van der Waals surface area contributed by atoms with E-state index >= 15 is 0 Å². The first-order valence-electron chi connectivity index (χ1n) is 7.98. The highest BCUT2D eigenvalue weighted by molar-refractivity contribution is 5.79. The molecule has 2 rings (SSSR count). The lowest BCUT2D eigenvalue weighted by Crippen LogP contribution is -2.42.